The number of rotatable bonds is 1. The van der Waals surface area contributed by atoms with Gasteiger partial charge in [0, 0.05) is 22.3 Å². The molecule has 3 aromatic rings. The van der Waals surface area contributed by atoms with Gasteiger partial charge in [0.05, 0.1) is 11.7 Å². The molecule has 2 aromatic carbocycles. The predicted molar refractivity (Wildman–Crippen MR) is 80.5 cm³/mol. The van der Waals surface area contributed by atoms with Crippen LogP contribution in [0.3, 0.4) is 0 Å². The van der Waals surface area contributed by atoms with E-state index in [1.54, 1.807) is 0 Å². The molecule has 0 bridgehead atoms. The molecular formula is C17H12ClNO. The van der Waals surface area contributed by atoms with E-state index in [1.165, 1.54) is 0 Å². The number of carbonyl (C=O) groups excluding carboxylic acids is 1. The molecule has 0 N–H and O–H groups in total. The van der Waals surface area contributed by atoms with Crippen LogP contribution in [-0.4, -0.2) is 10.4 Å². The van der Waals surface area contributed by atoms with Crippen LogP contribution in [0.25, 0.3) is 10.9 Å². The summed E-state index contributed by atoms with van der Waals surface area (Å²) in [5.74, 6) is 0.209. The van der Waals surface area contributed by atoms with Crippen LogP contribution in [0, 0.1) is 0 Å². The van der Waals surface area contributed by atoms with Crippen molar-refractivity contribution in [3.05, 3.63) is 70.9 Å². The minimum atomic E-state index is 0.0784. The minimum Gasteiger partial charge on any atom is -0.330 e. The molecule has 1 aliphatic heterocycles. The van der Waals surface area contributed by atoms with E-state index in [2.05, 4.69) is 10.6 Å². The van der Waals surface area contributed by atoms with E-state index in [0.29, 0.717) is 6.42 Å². The van der Waals surface area contributed by atoms with Gasteiger partial charge in [0.1, 0.15) is 0 Å². The Morgan fingerprint density at radius 1 is 1.05 bits per heavy atom. The molecule has 2 heterocycles. The maximum Gasteiger partial charge on any atom is 0.181 e. The Bertz CT molecular complexity index is 817. The first kappa shape index (κ1) is 11.7. The number of hydrogen-bond donors (Lipinski definition) is 0. The zero-order chi connectivity index (χ0) is 13.7. The first-order valence-corrected chi connectivity index (χ1v) is 7.00. The summed E-state index contributed by atoms with van der Waals surface area (Å²) >= 11 is 5.95. The number of carbonyl (C=O) groups is 1. The van der Waals surface area contributed by atoms with E-state index < -0.39 is 0 Å². The molecule has 3 heteroatoms. The van der Waals surface area contributed by atoms with Gasteiger partial charge < -0.3 is 4.57 Å². The van der Waals surface area contributed by atoms with E-state index >= 15 is 0 Å². The Hall–Kier alpha value is -2.06. The highest BCUT2D eigenvalue weighted by Crippen LogP contribution is 2.37. The van der Waals surface area contributed by atoms with E-state index in [9.17, 15) is 4.79 Å². The number of nitrogens with zero attached hydrogens (tertiary/aromatic N) is 1. The second-order valence-corrected chi connectivity index (χ2v) is 5.59. The molecule has 1 aromatic heterocycles. The number of Topliss-reactive ketones (excluding diaryl/α,β-unsaturated/α-hetero) is 1. The number of para-hydroxylation sites is 1. The molecule has 1 aliphatic rings. The van der Waals surface area contributed by atoms with Crippen LogP contribution in [0.1, 0.15) is 28.5 Å². The van der Waals surface area contributed by atoms with Crippen molar-refractivity contribution in [1.29, 1.82) is 0 Å². The summed E-state index contributed by atoms with van der Waals surface area (Å²) in [7, 11) is 0. The van der Waals surface area contributed by atoms with Gasteiger partial charge in [-0.05, 0) is 29.8 Å². The molecule has 0 amide bonds. The van der Waals surface area contributed by atoms with Crippen LogP contribution in [0.5, 0.6) is 0 Å². The van der Waals surface area contributed by atoms with Crippen LogP contribution in [-0.2, 0) is 0 Å². The van der Waals surface area contributed by atoms with Crippen molar-refractivity contribution in [1.82, 2.24) is 4.57 Å². The lowest BCUT2D eigenvalue weighted by Crippen LogP contribution is -2.05. The zero-order valence-corrected chi connectivity index (χ0v) is 11.5. The average Bonchev–Trinajstić information content (AvgIpc) is 2.98. The summed E-state index contributed by atoms with van der Waals surface area (Å²) in [5.41, 5.74) is 3.06. The van der Waals surface area contributed by atoms with Crippen molar-refractivity contribution in [3.63, 3.8) is 0 Å². The Balaban J connectivity index is 1.94. The molecule has 1 atom stereocenters. The first-order valence-electron chi connectivity index (χ1n) is 6.63. The fourth-order valence-electron chi connectivity index (χ4n) is 3.05. The molecule has 0 saturated heterocycles. The Labute approximate surface area is 121 Å². The number of hydrogen-bond acceptors (Lipinski definition) is 1. The van der Waals surface area contributed by atoms with Crippen molar-refractivity contribution in [2.45, 2.75) is 12.5 Å². The molecule has 98 valence electrons. The summed E-state index contributed by atoms with van der Waals surface area (Å²) in [6, 6.07) is 18.0. The third kappa shape index (κ3) is 1.61. The largest absolute Gasteiger partial charge is 0.330 e. The van der Waals surface area contributed by atoms with E-state index in [4.69, 9.17) is 11.6 Å². The average molecular weight is 282 g/mol. The van der Waals surface area contributed by atoms with Gasteiger partial charge >= 0.3 is 0 Å². The monoisotopic (exact) mass is 281 g/mol. The first-order chi connectivity index (χ1) is 9.74. The second kappa shape index (κ2) is 4.22. The van der Waals surface area contributed by atoms with Crippen molar-refractivity contribution < 1.29 is 4.79 Å². The molecule has 0 aliphatic carbocycles. The number of halogens is 1. The maximum absolute atomic E-state index is 12.2. The lowest BCUT2D eigenvalue weighted by molar-refractivity contribution is 0.0991. The van der Waals surface area contributed by atoms with Crippen LogP contribution < -0.4 is 0 Å². The molecule has 20 heavy (non-hydrogen) atoms. The van der Waals surface area contributed by atoms with Crippen molar-refractivity contribution in [2.24, 2.45) is 0 Å². The number of ketones is 1. The predicted octanol–water partition coefficient (Wildman–Crippen LogP) is 4.47. The summed E-state index contributed by atoms with van der Waals surface area (Å²) < 4.78 is 2.15. The van der Waals surface area contributed by atoms with Gasteiger partial charge in [-0.1, -0.05) is 41.9 Å². The highest BCUT2D eigenvalue weighted by atomic mass is 35.5. The highest BCUT2D eigenvalue weighted by Gasteiger charge is 2.31. The van der Waals surface area contributed by atoms with E-state index in [0.717, 1.165) is 27.2 Å². The fraction of sp³-hybridized carbons (Fsp3) is 0.118. The molecule has 0 fully saturated rings. The summed E-state index contributed by atoms with van der Waals surface area (Å²) in [4.78, 5) is 12.2. The van der Waals surface area contributed by atoms with Gasteiger partial charge in [0.15, 0.2) is 5.78 Å². The van der Waals surface area contributed by atoms with Gasteiger partial charge in [-0.2, -0.15) is 0 Å². The smallest absolute Gasteiger partial charge is 0.181 e. The molecule has 0 radical (unpaired) electrons. The lowest BCUT2D eigenvalue weighted by atomic mass is 10.0. The Morgan fingerprint density at radius 2 is 1.80 bits per heavy atom. The van der Waals surface area contributed by atoms with Crippen molar-refractivity contribution in [3.8, 4) is 0 Å². The van der Waals surface area contributed by atoms with Crippen molar-refractivity contribution in [2.75, 3.05) is 0 Å². The van der Waals surface area contributed by atoms with Crippen LogP contribution in [0.4, 0.5) is 0 Å². The van der Waals surface area contributed by atoms with Gasteiger partial charge in [0.25, 0.3) is 0 Å². The SMILES string of the molecule is O=C1C[C@@H](c2ccc(Cl)cc2)n2c1cc1ccccc12. The molecule has 0 saturated carbocycles. The topological polar surface area (TPSA) is 22.0 Å². The minimum absolute atomic E-state index is 0.0784. The lowest BCUT2D eigenvalue weighted by Gasteiger charge is -2.14. The second-order valence-electron chi connectivity index (χ2n) is 5.15. The third-order valence-electron chi connectivity index (χ3n) is 3.98. The van der Waals surface area contributed by atoms with Crippen LogP contribution >= 0.6 is 11.6 Å². The van der Waals surface area contributed by atoms with E-state index in [-0.39, 0.29) is 11.8 Å². The van der Waals surface area contributed by atoms with Crippen LogP contribution in [0.2, 0.25) is 5.02 Å². The van der Waals surface area contributed by atoms with E-state index in [1.807, 2.05) is 48.5 Å². The van der Waals surface area contributed by atoms with Crippen molar-refractivity contribution >= 4 is 28.3 Å². The van der Waals surface area contributed by atoms with Gasteiger partial charge in [-0.3, -0.25) is 4.79 Å². The number of aromatic nitrogens is 1. The van der Waals surface area contributed by atoms with Crippen LogP contribution in [0.15, 0.2) is 54.6 Å². The number of benzene rings is 2. The normalized spacial score (nSPS) is 17.6. The molecule has 0 spiro atoms. The van der Waals surface area contributed by atoms with Gasteiger partial charge in [-0.15, -0.1) is 0 Å². The summed E-state index contributed by atoms with van der Waals surface area (Å²) in [6.07, 6.45) is 0.530. The number of fused-ring (bicyclic) bond motifs is 3. The Morgan fingerprint density at radius 3 is 2.60 bits per heavy atom. The standard InChI is InChI=1S/C17H12ClNO/c18-13-7-5-11(6-8-13)15-10-17(20)16-9-12-3-1-2-4-14(12)19(15)16/h1-9,15H,10H2/t15-/m0/s1. The quantitative estimate of drug-likeness (QED) is 0.645. The molecule has 4 rings (SSSR count). The third-order valence-corrected chi connectivity index (χ3v) is 4.23. The molecular weight excluding hydrogens is 270 g/mol. The summed E-state index contributed by atoms with van der Waals surface area (Å²) in [5, 5.41) is 1.84. The molecule has 2 nitrogen and oxygen atoms in total. The Kier molecular flexibility index (Phi) is 2.48. The fourth-order valence-corrected chi connectivity index (χ4v) is 3.18. The highest BCUT2D eigenvalue weighted by molar-refractivity contribution is 6.30. The van der Waals surface area contributed by atoms with Gasteiger partial charge in [-0.25, -0.2) is 0 Å². The molecule has 0 unspecified atom stereocenters. The van der Waals surface area contributed by atoms with Gasteiger partial charge in [0.2, 0.25) is 0 Å². The zero-order valence-electron chi connectivity index (χ0n) is 10.7. The maximum atomic E-state index is 12.2. The summed E-state index contributed by atoms with van der Waals surface area (Å²) in [6.45, 7) is 0.